The van der Waals surface area contributed by atoms with Crippen LogP contribution in [0, 0.1) is 13.8 Å². The Morgan fingerprint density at radius 2 is 1.86 bits per heavy atom. The summed E-state index contributed by atoms with van der Waals surface area (Å²) >= 11 is 0. The average Bonchev–Trinajstić information content (AvgIpc) is 2.85. The average molecular weight is 301 g/mol. The second kappa shape index (κ2) is 6.43. The number of carbonyl (C=O) groups excluding carboxylic acids is 2. The molecule has 1 heterocycles. The minimum absolute atomic E-state index is 0.133. The lowest BCUT2D eigenvalue weighted by atomic mass is 10.1. The van der Waals surface area contributed by atoms with Crippen LogP contribution in [0.2, 0.25) is 0 Å². The second-order valence-electron chi connectivity index (χ2n) is 5.14. The molecule has 0 unspecified atom stereocenters. The molecule has 0 radical (unpaired) electrons. The van der Waals surface area contributed by atoms with Gasteiger partial charge in [0.05, 0.1) is 5.69 Å². The monoisotopic (exact) mass is 301 g/mol. The summed E-state index contributed by atoms with van der Waals surface area (Å²) in [7, 11) is 3.31. The van der Waals surface area contributed by atoms with Crippen LogP contribution in [0.1, 0.15) is 37.7 Å². The zero-order valence-corrected chi connectivity index (χ0v) is 13.1. The molecule has 0 spiro atoms. The van der Waals surface area contributed by atoms with Gasteiger partial charge in [-0.05, 0) is 31.5 Å². The van der Waals surface area contributed by atoms with Gasteiger partial charge in [0.25, 0.3) is 11.8 Å². The molecule has 2 aromatic rings. The minimum atomic E-state index is -0.133. The SMILES string of the molecule is CNC(=O)c1ccc(CN(C)C(=O)c2c(C)noc2C)cc1. The van der Waals surface area contributed by atoms with Crippen LogP contribution in [0.15, 0.2) is 28.8 Å². The zero-order chi connectivity index (χ0) is 16.3. The number of nitrogens with zero attached hydrogens (tertiary/aromatic N) is 2. The topological polar surface area (TPSA) is 75.4 Å². The van der Waals surface area contributed by atoms with Gasteiger partial charge in [-0.1, -0.05) is 17.3 Å². The number of hydrogen-bond acceptors (Lipinski definition) is 4. The van der Waals surface area contributed by atoms with E-state index in [2.05, 4.69) is 10.5 Å². The van der Waals surface area contributed by atoms with E-state index in [1.54, 1.807) is 45.0 Å². The van der Waals surface area contributed by atoms with Crippen LogP contribution < -0.4 is 5.32 Å². The molecule has 1 N–H and O–H groups in total. The van der Waals surface area contributed by atoms with Crippen molar-refractivity contribution in [1.29, 1.82) is 0 Å². The Morgan fingerprint density at radius 1 is 1.23 bits per heavy atom. The smallest absolute Gasteiger partial charge is 0.259 e. The molecule has 0 fully saturated rings. The molecule has 6 heteroatoms. The van der Waals surface area contributed by atoms with Gasteiger partial charge in [-0.25, -0.2) is 0 Å². The molecule has 2 amide bonds. The molecular formula is C16H19N3O3. The zero-order valence-electron chi connectivity index (χ0n) is 13.1. The van der Waals surface area contributed by atoms with Crippen LogP contribution in [0.25, 0.3) is 0 Å². The first-order valence-corrected chi connectivity index (χ1v) is 6.93. The summed E-state index contributed by atoms with van der Waals surface area (Å²) in [5, 5.41) is 6.37. The van der Waals surface area contributed by atoms with Crippen LogP contribution in [0.3, 0.4) is 0 Å². The van der Waals surface area contributed by atoms with E-state index in [0.717, 1.165) is 5.56 Å². The maximum absolute atomic E-state index is 12.4. The van der Waals surface area contributed by atoms with Gasteiger partial charge in [-0.15, -0.1) is 0 Å². The lowest BCUT2D eigenvalue weighted by Gasteiger charge is -2.17. The molecule has 0 aliphatic carbocycles. The Labute approximate surface area is 129 Å². The number of aromatic nitrogens is 1. The van der Waals surface area contributed by atoms with Crippen LogP contribution in [0.4, 0.5) is 0 Å². The molecule has 0 aliphatic heterocycles. The third-order valence-electron chi connectivity index (χ3n) is 3.46. The predicted molar refractivity (Wildman–Crippen MR) is 81.6 cm³/mol. The molecule has 116 valence electrons. The summed E-state index contributed by atoms with van der Waals surface area (Å²) in [6, 6.07) is 7.15. The quantitative estimate of drug-likeness (QED) is 0.936. The molecule has 0 aliphatic rings. The molecule has 0 bridgehead atoms. The summed E-state index contributed by atoms with van der Waals surface area (Å²) in [6.07, 6.45) is 0. The fourth-order valence-electron chi connectivity index (χ4n) is 2.23. The number of aryl methyl sites for hydroxylation is 2. The van der Waals surface area contributed by atoms with Gasteiger partial charge in [0.15, 0.2) is 0 Å². The number of rotatable bonds is 4. The Balaban J connectivity index is 2.10. The van der Waals surface area contributed by atoms with Crippen LogP contribution >= 0.6 is 0 Å². The third kappa shape index (κ3) is 3.16. The van der Waals surface area contributed by atoms with Crippen molar-refractivity contribution in [3.8, 4) is 0 Å². The van der Waals surface area contributed by atoms with Crippen LogP contribution in [-0.2, 0) is 6.54 Å². The Morgan fingerprint density at radius 3 is 2.36 bits per heavy atom. The number of amides is 2. The fourth-order valence-corrected chi connectivity index (χ4v) is 2.23. The first kappa shape index (κ1) is 15.8. The molecule has 0 saturated heterocycles. The highest BCUT2D eigenvalue weighted by atomic mass is 16.5. The lowest BCUT2D eigenvalue weighted by Crippen LogP contribution is -2.27. The van der Waals surface area contributed by atoms with Gasteiger partial charge in [-0.2, -0.15) is 0 Å². The van der Waals surface area contributed by atoms with E-state index in [1.165, 1.54) is 0 Å². The van der Waals surface area contributed by atoms with Gasteiger partial charge in [0, 0.05) is 26.2 Å². The largest absolute Gasteiger partial charge is 0.361 e. The van der Waals surface area contributed by atoms with Gasteiger partial charge in [0.1, 0.15) is 11.3 Å². The van der Waals surface area contributed by atoms with Crippen molar-refractivity contribution in [2.24, 2.45) is 0 Å². The summed E-state index contributed by atoms with van der Waals surface area (Å²) in [5.74, 6) is 0.252. The number of benzene rings is 1. The Bertz CT molecular complexity index is 670. The molecular weight excluding hydrogens is 282 g/mol. The minimum Gasteiger partial charge on any atom is -0.361 e. The first-order chi connectivity index (χ1) is 10.4. The fraction of sp³-hybridized carbons (Fsp3) is 0.312. The van der Waals surface area contributed by atoms with Gasteiger partial charge >= 0.3 is 0 Å². The highest BCUT2D eigenvalue weighted by Crippen LogP contribution is 2.16. The van der Waals surface area contributed by atoms with E-state index in [9.17, 15) is 9.59 Å². The van der Waals surface area contributed by atoms with Crippen LogP contribution in [0.5, 0.6) is 0 Å². The van der Waals surface area contributed by atoms with Crippen molar-refractivity contribution in [3.05, 3.63) is 52.4 Å². The lowest BCUT2D eigenvalue weighted by molar-refractivity contribution is 0.0782. The van der Waals surface area contributed by atoms with Crippen molar-refractivity contribution in [2.45, 2.75) is 20.4 Å². The van der Waals surface area contributed by atoms with Crippen LogP contribution in [-0.4, -0.2) is 36.0 Å². The third-order valence-corrected chi connectivity index (χ3v) is 3.46. The molecule has 6 nitrogen and oxygen atoms in total. The standard InChI is InChI=1S/C16H19N3O3/c1-10-14(11(2)22-18-10)16(21)19(4)9-12-5-7-13(8-6-12)15(20)17-3/h5-8H,9H2,1-4H3,(H,17,20). The van der Waals surface area contributed by atoms with Gasteiger partial charge in [0.2, 0.25) is 0 Å². The first-order valence-electron chi connectivity index (χ1n) is 6.93. The van der Waals surface area contributed by atoms with E-state index in [-0.39, 0.29) is 11.8 Å². The van der Waals surface area contributed by atoms with E-state index >= 15 is 0 Å². The molecule has 1 aromatic heterocycles. The Hall–Kier alpha value is -2.63. The highest BCUT2D eigenvalue weighted by molar-refractivity contribution is 5.96. The van der Waals surface area contributed by atoms with E-state index in [4.69, 9.17) is 4.52 Å². The number of carbonyl (C=O) groups is 2. The maximum atomic E-state index is 12.4. The normalized spacial score (nSPS) is 10.4. The maximum Gasteiger partial charge on any atom is 0.259 e. The molecule has 0 atom stereocenters. The molecule has 0 saturated carbocycles. The molecule has 1 aromatic carbocycles. The predicted octanol–water partition coefficient (Wildman–Crippen LogP) is 1.92. The van der Waals surface area contributed by atoms with E-state index < -0.39 is 0 Å². The van der Waals surface area contributed by atoms with E-state index in [0.29, 0.717) is 29.1 Å². The Kier molecular flexibility index (Phi) is 4.60. The van der Waals surface area contributed by atoms with Crippen molar-refractivity contribution in [2.75, 3.05) is 14.1 Å². The summed E-state index contributed by atoms with van der Waals surface area (Å²) < 4.78 is 5.03. The second-order valence-corrected chi connectivity index (χ2v) is 5.14. The summed E-state index contributed by atoms with van der Waals surface area (Å²) in [6.45, 7) is 3.91. The molecule has 22 heavy (non-hydrogen) atoms. The number of hydrogen-bond donors (Lipinski definition) is 1. The van der Waals surface area contributed by atoms with Crippen molar-refractivity contribution in [3.63, 3.8) is 0 Å². The summed E-state index contributed by atoms with van der Waals surface area (Å²) in [5.41, 5.74) is 2.62. The van der Waals surface area contributed by atoms with Crippen molar-refractivity contribution >= 4 is 11.8 Å². The number of nitrogens with one attached hydrogen (secondary N) is 1. The van der Waals surface area contributed by atoms with E-state index in [1.807, 2.05) is 12.1 Å². The van der Waals surface area contributed by atoms with Gasteiger partial charge < -0.3 is 14.7 Å². The molecule has 2 rings (SSSR count). The van der Waals surface area contributed by atoms with Gasteiger partial charge in [-0.3, -0.25) is 9.59 Å². The van der Waals surface area contributed by atoms with Crippen molar-refractivity contribution in [1.82, 2.24) is 15.4 Å². The highest BCUT2D eigenvalue weighted by Gasteiger charge is 2.21. The van der Waals surface area contributed by atoms with Crippen molar-refractivity contribution < 1.29 is 14.1 Å². The summed E-state index contributed by atoms with van der Waals surface area (Å²) in [4.78, 5) is 25.5.